The third-order valence-electron chi connectivity index (χ3n) is 3.61. The monoisotopic (exact) mass is 436 g/mol. The summed E-state index contributed by atoms with van der Waals surface area (Å²) in [6.45, 7) is 5.46. The van der Waals surface area contributed by atoms with Gasteiger partial charge in [0.05, 0.1) is 18.6 Å². The molecule has 5 nitrogen and oxygen atoms in total. The number of thioether (sulfide) groups is 1. The van der Waals surface area contributed by atoms with Crippen LogP contribution < -0.4 is 15.4 Å². The summed E-state index contributed by atoms with van der Waals surface area (Å²) in [5, 5.41) is 5.54. The van der Waals surface area contributed by atoms with Crippen molar-refractivity contribution in [2.45, 2.75) is 25.7 Å². The Labute approximate surface area is 166 Å². The molecule has 0 heterocycles. The van der Waals surface area contributed by atoms with Crippen LogP contribution in [-0.4, -0.2) is 24.7 Å². The van der Waals surface area contributed by atoms with E-state index >= 15 is 0 Å². The Hall–Kier alpha value is -1.99. The van der Waals surface area contributed by atoms with Crippen LogP contribution in [0.25, 0.3) is 0 Å². The minimum Gasteiger partial charge on any atom is -0.495 e. The van der Waals surface area contributed by atoms with Crippen LogP contribution in [0.15, 0.2) is 39.7 Å². The zero-order valence-corrected chi connectivity index (χ0v) is 17.5. The Bertz CT molecular complexity index is 840. The predicted octanol–water partition coefficient (Wildman–Crippen LogP) is 4.76. The molecule has 0 spiro atoms. The minimum absolute atomic E-state index is 0.117. The molecule has 2 N–H and O–H groups in total. The highest BCUT2D eigenvalue weighted by Gasteiger charge is 2.10. The lowest BCUT2D eigenvalue weighted by atomic mass is 10.2. The van der Waals surface area contributed by atoms with Gasteiger partial charge in [0.15, 0.2) is 0 Å². The number of aryl methyl sites for hydroxylation is 2. The highest BCUT2D eigenvalue weighted by atomic mass is 79.9. The van der Waals surface area contributed by atoms with Crippen molar-refractivity contribution in [3.63, 3.8) is 0 Å². The summed E-state index contributed by atoms with van der Waals surface area (Å²) in [7, 11) is 1.53. The lowest BCUT2D eigenvalue weighted by Gasteiger charge is -2.12. The second-order valence-electron chi connectivity index (χ2n) is 5.80. The number of nitrogens with one attached hydrogen (secondary N) is 2. The van der Waals surface area contributed by atoms with E-state index in [1.807, 2.05) is 13.8 Å². The number of hydrogen-bond donors (Lipinski definition) is 2. The minimum atomic E-state index is -0.205. The first kappa shape index (κ1) is 20.3. The number of hydrogen-bond acceptors (Lipinski definition) is 4. The Morgan fingerprint density at radius 1 is 1.12 bits per heavy atom. The largest absolute Gasteiger partial charge is 0.495 e. The molecule has 7 heteroatoms. The molecule has 0 saturated heterocycles. The lowest BCUT2D eigenvalue weighted by molar-refractivity contribution is -0.114. The molecule has 0 aliphatic carbocycles. The highest BCUT2D eigenvalue weighted by molar-refractivity contribution is 9.10. The topological polar surface area (TPSA) is 67.4 Å². The SMILES string of the molecule is COc1ccc(NC(=O)CSc2cc(C)c(Br)cc2C)cc1NC(C)=O. The predicted molar refractivity (Wildman–Crippen MR) is 110 cm³/mol. The maximum atomic E-state index is 12.3. The fraction of sp³-hybridized carbons (Fsp3) is 0.263. The highest BCUT2D eigenvalue weighted by Crippen LogP contribution is 2.30. The molecule has 0 unspecified atom stereocenters. The van der Waals surface area contributed by atoms with Gasteiger partial charge >= 0.3 is 0 Å². The number of carbonyl (C=O) groups excluding carboxylic acids is 2. The lowest BCUT2D eigenvalue weighted by Crippen LogP contribution is -2.15. The van der Waals surface area contributed by atoms with Crippen LogP contribution in [0.3, 0.4) is 0 Å². The second kappa shape index (κ2) is 9.09. The molecule has 0 fully saturated rings. The van der Waals surface area contributed by atoms with Gasteiger partial charge in [0.1, 0.15) is 5.75 Å². The molecule has 0 aromatic heterocycles. The normalized spacial score (nSPS) is 10.3. The smallest absolute Gasteiger partial charge is 0.234 e. The number of rotatable bonds is 6. The first-order chi connectivity index (χ1) is 12.3. The third-order valence-corrected chi connectivity index (χ3v) is 5.62. The van der Waals surface area contributed by atoms with E-state index in [4.69, 9.17) is 4.74 Å². The van der Waals surface area contributed by atoms with E-state index in [9.17, 15) is 9.59 Å². The van der Waals surface area contributed by atoms with Gasteiger partial charge in [0.25, 0.3) is 0 Å². The first-order valence-electron chi connectivity index (χ1n) is 7.95. The number of halogens is 1. The Kier molecular flexibility index (Phi) is 7.11. The zero-order valence-electron chi connectivity index (χ0n) is 15.1. The summed E-state index contributed by atoms with van der Waals surface area (Å²) < 4.78 is 6.27. The summed E-state index contributed by atoms with van der Waals surface area (Å²) in [5.74, 6) is 0.509. The zero-order chi connectivity index (χ0) is 19.3. The van der Waals surface area contributed by atoms with E-state index in [0.29, 0.717) is 22.9 Å². The van der Waals surface area contributed by atoms with Crippen molar-refractivity contribution in [1.82, 2.24) is 0 Å². The van der Waals surface area contributed by atoms with Crippen molar-refractivity contribution in [1.29, 1.82) is 0 Å². The Balaban J connectivity index is 2.04. The quantitative estimate of drug-likeness (QED) is 0.640. The van der Waals surface area contributed by atoms with Crippen molar-refractivity contribution < 1.29 is 14.3 Å². The Morgan fingerprint density at radius 2 is 1.85 bits per heavy atom. The molecular weight excluding hydrogens is 416 g/mol. The van der Waals surface area contributed by atoms with Gasteiger partial charge in [-0.1, -0.05) is 15.9 Å². The van der Waals surface area contributed by atoms with Crippen LogP contribution >= 0.6 is 27.7 Å². The molecule has 0 radical (unpaired) electrons. The van der Waals surface area contributed by atoms with Crippen LogP contribution in [0, 0.1) is 13.8 Å². The van der Waals surface area contributed by atoms with Gasteiger partial charge in [-0.3, -0.25) is 9.59 Å². The van der Waals surface area contributed by atoms with Gasteiger partial charge < -0.3 is 15.4 Å². The summed E-state index contributed by atoms with van der Waals surface area (Å²) in [5.41, 5.74) is 3.37. The third kappa shape index (κ3) is 5.51. The van der Waals surface area contributed by atoms with Gasteiger partial charge in [-0.2, -0.15) is 0 Å². The molecule has 2 aromatic carbocycles. The molecule has 26 heavy (non-hydrogen) atoms. The fourth-order valence-corrected chi connectivity index (χ4v) is 3.69. The molecule has 2 rings (SSSR count). The van der Waals surface area contributed by atoms with Crippen LogP contribution in [-0.2, 0) is 9.59 Å². The summed E-state index contributed by atoms with van der Waals surface area (Å²) in [6.07, 6.45) is 0. The van der Waals surface area contributed by atoms with E-state index in [2.05, 4.69) is 38.7 Å². The van der Waals surface area contributed by atoms with Crippen LogP contribution in [0.2, 0.25) is 0 Å². The molecule has 0 atom stereocenters. The average Bonchev–Trinajstić information content (AvgIpc) is 2.56. The number of ether oxygens (including phenoxy) is 1. The van der Waals surface area contributed by atoms with Gasteiger partial charge in [0, 0.05) is 22.0 Å². The molecule has 138 valence electrons. The summed E-state index contributed by atoms with van der Waals surface area (Å²) >= 11 is 5.00. The van der Waals surface area contributed by atoms with Crippen molar-refractivity contribution in [2.75, 3.05) is 23.5 Å². The second-order valence-corrected chi connectivity index (χ2v) is 7.67. The molecule has 2 amide bonds. The molecule has 0 aliphatic heterocycles. The van der Waals surface area contributed by atoms with E-state index < -0.39 is 0 Å². The number of amides is 2. The summed E-state index contributed by atoms with van der Waals surface area (Å²) in [4.78, 5) is 24.7. The van der Waals surface area contributed by atoms with Gasteiger partial charge in [-0.25, -0.2) is 0 Å². The molecule has 2 aromatic rings. The van der Waals surface area contributed by atoms with Crippen molar-refractivity contribution in [3.8, 4) is 5.75 Å². The van der Waals surface area contributed by atoms with Crippen molar-refractivity contribution in [3.05, 3.63) is 45.9 Å². The van der Waals surface area contributed by atoms with Crippen LogP contribution in [0.1, 0.15) is 18.1 Å². The van der Waals surface area contributed by atoms with Crippen molar-refractivity contribution in [2.24, 2.45) is 0 Å². The van der Waals surface area contributed by atoms with Crippen molar-refractivity contribution >= 4 is 50.9 Å². The van der Waals surface area contributed by atoms with Crippen LogP contribution in [0.4, 0.5) is 11.4 Å². The maximum absolute atomic E-state index is 12.3. The van der Waals surface area contributed by atoms with Gasteiger partial charge in [0.2, 0.25) is 11.8 Å². The van der Waals surface area contributed by atoms with Crippen LogP contribution in [0.5, 0.6) is 5.75 Å². The fourth-order valence-electron chi connectivity index (χ4n) is 2.32. The number of anilines is 2. The number of benzene rings is 2. The standard InChI is InChI=1S/C19H21BrN2O3S/c1-11-8-18(12(2)7-15(11)20)26-10-19(24)22-14-5-6-17(25-4)16(9-14)21-13(3)23/h5-9H,10H2,1-4H3,(H,21,23)(H,22,24). The Morgan fingerprint density at radius 3 is 2.50 bits per heavy atom. The van der Waals surface area contributed by atoms with E-state index in [-0.39, 0.29) is 11.8 Å². The first-order valence-corrected chi connectivity index (χ1v) is 9.73. The molecule has 0 aliphatic rings. The molecule has 0 bridgehead atoms. The molecular formula is C19H21BrN2O3S. The summed E-state index contributed by atoms with van der Waals surface area (Å²) in [6, 6.07) is 9.24. The van der Waals surface area contributed by atoms with E-state index in [1.54, 1.807) is 18.2 Å². The average molecular weight is 437 g/mol. The maximum Gasteiger partial charge on any atom is 0.234 e. The van der Waals surface area contributed by atoms with E-state index in [0.717, 1.165) is 20.5 Å². The van der Waals surface area contributed by atoms with Gasteiger partial charge in [-0.05, 0) is 55.3 Å². The molecule has 0 saturated carbocycles. The van der Waals surface area contributed by atoms with E-state index in [1.165, 1.54) is 25.8 Å². The van der Waals surface area contributed by atoms with Gasteiger partial charge in [-0.15, -0.1) is 11.8 Å². The number of methoxy groups -OCH3 is 1. The number of carbonyl (C=O) groups is 2.